The molecule has 0 spiro atoms. The van der Waals surface area contributed by atoms with Gasteiger partial charge in [0.1, 0.15) is 0 Å². The van der Waals surface area contributed by atoms with Crippen LogP contribution < -0.4 is 0 Å². The molecule has 0 amide bonds. The first-order chi connectivity index (χ1) is 6.91. The Kier molecular flexibility index (Phi) is 4.07. The van der Waals surface area contributed by atoms with Crippen LogP contribution in [-0.2, 0) is 12.3 Å². The van der Waals surface area contributed by atoms with E-state index in [-0.39, 0.29) is 12.7 Å². The van der Waals surface area contributed by atoms with Crippen LogP contribution in [-0.4, -0.2) is 11.1 Å². The van der Waals surface area contributed by atoms with E-state index in [1.807, 2.05) is 0 Å². The molecule has 0 atom stereocenters. The first kappa shape index (κ1) is 12.4. The fraction of sp³-hybridized carbons (Fsp3) is 0. The lowest BCUT2D eigenvalue weighted by Gasteiger charge is -1.96. The minimum absolute atomic E-state index is 0.219. The van der Waals surface area contributed by atoms with Crippen LogP contribution in [0.3, 0.4) is 0 Å². The summed E-state index contributed by atoms with van der Waals surface area (Å²) in [7, 11) is 0. The standard InChI is InChI=1S/C7H4I2O6/c10-7(11)4-1-5(8(12)13)3-6(2-4)9(14)15/h1-3H,(H,10,11). The summed E-state index contributed by atoms with van der Waals surface area (Å²) >= 11 is -7.70. The van der Waals surface area contributed by atoms with Crippen molar-refractivity contribution >= 4 is 45.6 Å². The van der Waals surface area contributed by atoms with Crippen molar-refractivity contribution in [1.29, 1.82) is 0 Å². The molecular weight excluding hydrogens is 434 g/mol. The average Bonchev–Trinajstić information content (AvgIpc) is 2.16. The van der Waals surface area contributed by atoms with E-state index in [9.17, 15) is 17.1 Å². The molecule has 1 N–H and O–H groups in total. The van der Waals surface area contributed by atoms with Gasteiger partial charge in [0.2, 0.25) is 0 Å². The molecule has 0 unspecified atom stereocenters. The van der Waals surface area contributed by atoms with Crippen LogP contribution in [0.5, 0.6) is 0 Å². The minimum atomic E-state index is -3.85. The van der Waals surface area contributed by atoms with Gasteiger partial charge in [0.05, 0.1) is 12.7 Å². The molecule has 1 aromatic rings. The summed E-state index contributed by atoms with van der Waals surface area (Å²) in [6.07, 6.45) is 0. The zero-order valence-electron chi connectivity index (χ0n) is 6.98. The van der Waals surface area contributed by atoms with Gasteiger partial charge in [-0.05, 0) is 18.2 Å². The molecule has 15 heavy (non-hydrogen) atoms. The fourth-order valence-electron chi connectivity index (χ4n) is 0.855. The van der Waals surface area contributed by atoms with Crippen molar-refractivity contribution in [3.05, 3.63) is 30.9 Å². The Morgan fingerprint density at radius 3 is 1.60 bits per heavy atom. The first-order valence-electron chi connectivity index (χ1n) is 3.40. The van der Waals surface area contributed by atoms with Crippen molar-refractivity contribution in [2.45, 2.75) is 0 Å². The molecule has 0 aliphatic heterocycles. The number of benzene rings is 1. The van der Waals surface area contributed by atoms with Crippen molar-refractivity contribution < 1.29 is 22.2 Å². The van der Waals surface area contributed by atoms with Crippen molar-refractivity contribution in [2.75, 3.05) is 0 Å². The van der Waals surface area contributed by atoms with Gasteiger partial charge >= 0.3 is 45.6 Å². The quantitative estimate of drug-likeness (QED) is 0.726. The van der Waals surface area contributed by atoms with E-state index in [4.69, 9.17) is 5.11 Å². The van der Waals surface area contributed by atoms with Crippen LogP contribution in [0.4, 0.5) is 0 Å². The number of carboxylic acids is 1. The molecule has 0 radical (unpaired) electrons. The Balaban J connectivity index is 3.52. The molecule has 1 aromatic carbocycles. The van der Waals surface area contributed by atoms with E-state index in [1.54, 1.807) is 0 Å². The van der Waals surface area contributed by atoms with Gasteiger partial charge in [-0.15, -0.1) is 0 Å². The second-order valence-electron chi connectivity index (χ2n) is 2.40. The van der Waals surface area contributed by atoms with Crippen molar-refractivity contribution in [2.24, 2.45) is 0 Å². The van der Waals surface area contributed by atoms with Gasteiger partial charge in [-0.2, -0.15) is 0 Å². The summed E-state index contributed by atoms with van der Waals surface area (Å²) in [5, 5.41) is 8.62. The normalized spacial score (nSPS) is 10.8. The fourth-order valence-corrected chi connectivity index (χ4v) is 3.81. The molecule has 8 heteroatoms. The summed E-state index contributed by atoms with van der Waals surface area (Å²) in [6.45, 7) is 0. The maximum absolute atomic E-state index is 10.7. The monoisotopic (exact) mass is 438 g/mol. The van der Waals surface area contributed by atoms with Crippen molar-refractivity contribution in [3.63, 3.8) is 0 Å². The highest BCUT2D eigenvalue weighted by Gasteiger charge is 2.12. The zero-order valence-corrected chi connectivity index (χ0v) is 11.3. The summed E-state index contributed by atoms with van der Waals surface area (Å²) in [5.41, 5.74) is -0.328. The van der Waals surface area contributed by atoms with Crippen molar-refractivity contribution in [1.82, 2.24) is 0 Å². The average molecular weight is 438 g/mol. The maximum atomic E-state index is 10.7. The molecule has 1 rings (SSSR count). The topological polar surface area (TPSA) is 106 Å². The van der Waals surface area contributed by atoms with Crippen molar-refractivity contribution in [3.8, 4) is 0 Å². The number of hydrogen-bond donors (Lipinski definition) is 1. The number of carbonyl (C=O) groups is 1. The Hall–Kier alpha value is -0.650. The summed E-state index contributed by atoms with van der Waals surface area (Å²) in [4.78, 5) is 10.6. The smallest absolute Gasteiger partial charge is 0.340 e. The SMILES string of the molecule is O=C(O)c1cc(I(=O)=O)cc(I(=O)=O)c1. The van der Waals surface area contributed by atoms with Gasteiger partial charge in [0, 0.05) is 0 Å². The van der Waals surface area contributed by atoms with Gasteiger partial charge in [-0.1, -0.05) is 0 Å². The van der Waals surface area contributed by atoms with Crippen LogP contribution >= 0.6 is 39.6 Å². The van der Waals surface area contributed by atoms with E-state index in [0.29, 0.717) is 0 Å². The maximum Gasteiger partial charge on any atom is 0.340 e. The highest BCUT2D eigenvalue weighted by atomic mass is 127. The largest absolute Gasteiger partial charge is 0.478 e. The molecule has 0 saturated carbocycles. The van der Waals surface area contributed by atoms with E-state index in [0.717, 1.165) is 18.2 Å². The molecular formula is C7H4I2O6. The number of rotatable bonds is 3. The third-order valence-electron chi connectivity index (χ3n) is 1.47. The third kappa shape index (κ3) is 3.15. The van der Waals surface area contributed by atoms with Crippen LogP contribution in [0, 0.1) is 7.14 Å². The Bertz CT molecular complexity index is 498. The molecule has 0 fully saturated rings. The van der Waals surface area contributed by atoms with E-state index >= 15 is 0 Å². The van der Waals surface area contributed by atoms with Gasteiger partial charge in [-0.3, -0.25) is 0 Å². The van der Waals surface area contributed by atoms with E-state index < -0.39 is 45.6 Å². The predicted molar refractivity (Wildman–Crippen MR) is 61.6 cm³/mol. The predicted octanol–water partition coefficient (Wildman–Crippen LogP) is 2.12. The molecule has 6 nitrogen and oxygen atoms in total. The molecule has 0 bridgehead atoms. The summed E-state index contributed by atoms with van der Waals surface area (Å²) < 4.78 is 42.4. The van der Waals surface area contributed by atoms with E-state index in [1.165, 1.54) is 0 Å². The second-order valence-corrected chi connectivity index (χ2v) is 7.37. The number of halogens is 2. The third-order valence-corrected chi connectivity index (χ3v) is 4.75. The number of hydrogen-bond acceptors (Lipinski definition) is 5. The van der Waals surface area contributed by atoms with Crippen LogP contribution in [0.15, 0.2) is 18.2 Å². The molecule has 0 aliphatic rings. The molecule has 82 valence electrons. The molecule has 0 aliphatic carbocycles. The molecule has 0 aromatic heterocycles. The first-order valence-corrected chi connectivity index (χ1v) is 9.09. The van der Waals surface area contributed by atoms with Gasteiger partial charge in [0.15, 0.2) is 0 Å². The van der Waals surface area contributed by atoms with Gasteiger partial charge < -0.3 is 5.11 Å². The molecule has 0 saturated heterocycles. The van der Waals surface area contributed by atoms with Gasteiger partial charge in [-0.25, -0.2) is 17.1 Å². The highest BCUT2D eigenvalue weighted by molar-refractivity contribution is 14.2. The highest BCUT2D eigenvalue weighted by Crippen LogP contribution is 2.25. The van der Waals surface area contributed by atoms with Crippen LogP contribution in [0.25, 0.3) is 0 Å². The Morgan fingerprint density at radius 1 is 0.933 bits per heavy atom. The zero-order chi connectivity index (χ0) is 11.6. The van der Waals surface area contributed by atoms with Gasteiger partial charge in [0.25, 0.3) is 0 Å². The van der Waals surface area contributed by atoms with Crippen LogP contribution in [0.1, 0.15) is 10.4 Å². The second kappa shape index (κ2) is 4.92. The van der Waals surface area contributed by atoms with Crippen LogP contribution in [0.2, 0.25) is 0 Å². The number of carboxylic acid groups (broad SMARTS) is 1. The summed E-state index contributed by atoms with van der Waals surface area (Å²) in [5.74, 6) is -1.35. The van der Waals surface area contributed by atoms with E-state index in [2.05, 4.69) is 0 Å². The lowest BCUT2D eigenvalue weighted by molar-refractivity contribution is 0.0696. The lowest BCUT2D eigenvalue weighted by Crippen LogP contribution is -1.97. The minimum Gasteiger partial charge on any atom is -0.478 e. The summed E-state index contributed by atoms with van der Waals surface area (Å²) in [6, 6.07) is 2.90. The lowest BCUT2D eigenvalue weighted by atomic mass is 10.2. The number of aromatic carboxylic acids is 1. The Morgan fingerprint density at radius 2 is 1.33 bits per heavy atom. The Labute approximate surface area is 98.0 Å². The molecule has 0 heterocycles.